The van der Waals surface area contributed by atoms with Crippen LogP contribution in [-0.4, -0.2) is 31.5 Å². The van der Waals surface area contributed by atoms with E-state index in [2.05, 4.69) is 57.3 Å². The summed E-state index contributed by atoms with van der Waals surface area (Å²) in [6.45, 7) is 6.81. The van der Waals surface area contributed by atoms with Gasteiger partial charge in [0.05, 0.1) is 24.1 Å². The van der Waals surface area contributed by atoms with E-state index in [0.29, 0.717) is 6.54 Å². The van der Waals surface area contributed by atoms with Gasteiger partial charge in [-0.2, -0.15) is 0 Å². The first-order valence-electron chi connectivity index (χ1n) is 10.9. The van der Waals surface area contributed by atoms with Crippen molar-refractivity contribution in [2.75, 3.05) is 0 Å². The highest BCUT2D eigenvalue weighted by Crippen LogP contribution is 2.39. The number of aliphatic imine (C=N–C) groups is 2. The van der Waals surface area contributed by atoms with Crippen LogP contribution in [0.15, 0.2) is 83.2 Å². The van der Waals surface area contributed by atoms with Crippen LogP contribution in [0.5, 0.6) is 0 Å². The highest BCUT2D eigenvalue weighted by molar-refractivity contribution is 6.07. The van der Waals surface area contributed by atoms with Crippen LogP contribution in [0.4, 0.5) is 0 Å². The van der Waals surface area contributed by atoms with Gasteiger partial charge >= 0.3 is 0 Å². The van der Waals surface area contributed by atoms with E-state index in [1.165, 1.54) is 0 Å². The molecular weight excluding hydrogens is 410 g/mol. The number of aryl methyl sites for hydroxylation is 2. The molecule has 0 saturated heterocycles. The number of rotatable bonds is 4. The maximum Gasteiger partial charge on any atom is 0.130 e. The number of nitrogens with one attached hydrogen (secondary N) is 1. The summed E-state index contributed by atoms with van der Waals surface area (Å²) in [6, 6.07) is 6.20. The van der Waals surface area contributed by atoms with Gasteiger partial charge in [-0.3, -0.25) is 29.9 Å². The fourth-order valence-electron chi connectivity index (χ4n) is 4.26. The normalized spacial score (nSPS) is 20.6. The van der Waals surface area contributed by atoms with Crippen molar-refractivity contribution >= 4 is 11.5 Å². The summed E-state index contributed by atoms with van der Waals surface area (Å²) < 4.78 is 0. The number of amidine groups is 1. The quantitative estimate of drug-likeness (QED) is 0.658. The average molecular weight is 436 g/mol. The largest absolute Gasteiger partial charge is 0.347 e. The van der Waals surface area contributed by atoms with Crippen molar-refractivity contribution in [3.8, 4) is 11.3 Å². The van der Waals surface area contributed by atoms with Crippen LogP contribution >= 0.6 is 0 Å². The summed E-state index contributed by atoms with van der Waals surface area (Å²) in [5.41, 5.74) is 7.84. The second-order valence-electron chi connectivity index (χ2n) is 8.64. The van der Waals surface area contributed by atoms with E-state index >= 15 is 0 Å². The Morgan fingerprint density at radius 1 is 1.06 bits per heavy atom. The lowest BCUT2D eigenvalue weighted by Gasteiger charge is -2.35. The summed E-state index contributed by atoms with van der Waals surface area (Å²) in [7, 11) is 0. The number of aromatic nitrogens is 4. The van der Waals surface area contributed by atoms with Crippen molar-refractivity contribution in [1.29, 1.82) is 0 Å². The summed E-state index contributed by atoms with van der Waals surface area (Å²) in [5, 5.41) is 3.30. The van der Waals surface area contributed by atoms with E-state index in [9.17, 15) is 0 Å². The molecule has 1 N–H and O–H groups in total. The molecule has 0 fully saturated rings. The van der Waals surface area contributed by atoms with Gasteiger partial charge in [-0.1, -0.05) is 19.1 Å². The van der Waals surface area contributed by atoms with Crippen LogP contribution in [0.2, 0.25) is 0 Å². The van der Waals surface area contributed by atoms with Gasteiger partial charge in [-0.15, -0.1) is 0 Å². The minimum Gasteiger partial charge on any atom is -0.347 e. The lowest BCUT2D eigenvalue weighted by molar-refractivity contribution is 0.537. The molecule has 0 aliphatic carbocycles. The summed E-state index contributed by atoms with van der Waals surface area (Å²) in [6.07, 6.45) is 15.6. The van der Waals surface area contributed by atoms with Gasteiger partial charge in [0, 0.05) is 59.7 Å². The number of fused-ring (bicyclic) bond motifs is 1. The Morgan fingerprint density at radius 3 is 2.76 bits per heavy atom. The highest BCUT2D eigenvalue weighted by atomic mass is 15.0. The molecule has 5 rings (SSSR count). The zero-order valence-electron chi connectivity index (χ0n) is 18.9. The molecule has 2 aliphatic rings. The van der Waals surface area contributed by atoms with Crippen molar-refractivity contribution in [1.82, 2.24) is 25.3 Å². The number of allylic oxidation sites excluding steroid dienone is 1. The van der Waals surface area contributed by atoms with Crippen LogP contribution in [0.3, 0.4) is 0 Å². The fourth-order valence-corrected chi connectivity index (χ4v) is 4.26. The molecule has 1 atom stereocenters. The lowest BCUT2D eigenvalue weighted by Crippen LogP contribution is -2.38. The molecular formula is C26H25N7. The summed E-state index contributed by atoms with van der Waals surface area (Å²) in [5.74, 6) is 0.841. The molecule has 3 aromatic rings. The Morgan fingerprint density at radius 2 is 1.97 bits per heavy atom. The molecule has 0 amide bonds. The Hall–Kier alpha value is -4.00. The molecule has 5 heterocycles. The number of nitrogens with zero attached hydrogens (tertiary/aromatic N) is 6. The predicted molar refractivity (Wildman–Crippen MR) is 130 cm³/mol. The number of pyridine rings is 2. The number of hydrogen-bond donors (Lipinski definition) is 1. The maximum atomic E-state index is 4.88. The average Bonchev–Trinajstić information content (AvgIpc) is 2.82. The minimum absolute atomic E-state index is 0.198. The highest BCUT2D eigenvalue weighted by Gasteiger charge is 2.36. The lowest BCUT2D eigenvalue weighted by atomic mass is 9.74. The molecule has 7 nitrogen and oxygen atoms in total. The van der Waals surface area contributed by atoms with E-state index in [4.69, 9.17) is 9.98 Å². The van der Waals surface area contributed by atoms with Gasteiger partial charge in [-0.25, -0.2) is 0 Å². The van der Waals surface area contributed by atoms with Gasteiger partial charge in [0.2, 0.25) is 0 Å². The van der Waals surface area contributed by atoms with Crippen molar-refractivity contribution in [3.05, 3.63) is 95.7 Å². The molecule has 0 spiro atoms. The van der Waals surface area contributed by atoms with Gasteiger partial charge in [0.25, 0.3) is 0 Å². The van der Waals surface area contributed by atoms with Gasteiger partial charge in [0.15, 0.2) is 0 Å². The van der Waals surface area contributed by atoms with Gasteiger partial charge in [-0.05, 0) is 43.3 Å². The maximum absolute atomic E-state index is 4.88. The molecule has 0 bridgehead atoms. The molecule has 1 unspecified atom stereocenters. The van der Waals surface area contributed by atoms with Gasteiger partial charge < -0.3 is 5.32 Å². The molecule has 0 radical (unpaired) electrons. The third kappa shape index (κ3) is 4.22. The second kappa shape index (κ2) is 8.50. The molecule has 33 heavy (non-hydrogen) atoms. The van der Waals surface area contributed by atoms with Gasteiger partial charge in [0.1, 0.15) is 11.5 Å². The van der Waals surface area contributed by atoms with Crippen molar-refractivity contribution < 1.29 is 0 Å². The van der Waals surface area contributed by atoms with Crippen LogP contribution in [-0.2, 0) is 6.54 Å². The number of hydrogen-bond acceptors (Lipinski definition) is 6. The first kappa shape index (κ1) is 20.9. The van der Waals surface area contributed by atoms with E-state index < -0.39 is 0 Å². The zero-order valence-corrected chi connectivity index (χ0v) is 18.9. The summed E-state index contributed by atoms with van der Waals surface area (Å²) >= 11 is 0. The van der Waals surface area contributed by atoms with E-state index in [0.717, 1.165) is 57.3 Å². The van der Waals surface area contributed by atoms with Crippen LogP contribution in [0.1, 0.15) is 35.9 Å². The van der Waals surface area contributed by atoms with E-state index in [1.807, 2.05) is 37.8 Å². The molecule has 0 aromatic carbocycles. The van der Waals surface area contributed by atoms with Crippen molar-refractivity contribution in [3.63, 3.8) is 0 Å². The summed E-state index contributed by atoms with van der Waals surface area (Å²) in [4.78, 5) is 27.1. The Kier molecular flexibility index (Phi) is 5.38. The first-order chi connectivity index (χ1) is 16.0. The third-order valence-electron chi connectivity index (χ3n) is 6.01. The van der Waals surface area contributed by atoms with E-state index in [-0.39, 0.29) is 5.41 Å². The molecule has 164 valence electrons. The molecule has 3 aromatic heterocycles. The fraction of sp³-hybridized carbons (Fsp3) is 0.231. The SMILES string of the molecule is Cc1cc(-c2ncc(CN=C3NC=CC4(C)CC(c5cnccn5)=NC=C34)cc2C)ccn1. The standard InChI is InChI=1S/C26H25N7/c1-17-10-19(13-32-24(17)20-4-6-28-18(2)11-20)14-33-25-21-15-31-22(23-16-27-8-9-29-23)12-26(21,3)5-7-30-25/h4-11,13,15-16H,12,14H2,1-3H3,(H,30,33). The Bertz CT molecular complexity index is 1320. The third-order valence-corrected chi connectivity index (χ3v) is 6.01. The van der Waals surface area contributed by atoms with E-state index in [1.54, 1.807) is 18.6 Å². The topological polar surface area (TPSA) is 88.3 Å². The van der Waals surface area contributed by atoms with Crippen LogP contribution < -0.4 is 5.32 Å². The van der Waals surface area contributed by atoms with Crippen molar-refractivity contribution in [2.24, 2.45) is 15.4 Å². The van der Waals surface area contributed by atoms with Crippen LogP contribution in [0.25, 0.3) is 11.3 Å². The van der Waals surface area contributed by atoms with Crippen LogP contribution in [0, 0.1) is 19.3 Å². The molecule has 7 heteroatoms. The zero-order chi connectivity index (χ0) is 22.8. The monoisotopic (exact) mass is 435 g/mol. The Labute approximate surface area is 193 Å². The minimum atomic E-state index is -0.198. The predicted octanol–water partition coefficient (Wildman–Crippen LogP) is 4.35. The molecule has 2 aliphatic heterocycles. The second-order valence-corrected chi connectivity index (χ2v) is 8.64. The molecule has 0 saturated carbocycles. The first-order valence-corrected chi connectivity index (χ1v) is 10.9. The van der Waals surface area contributed by atoms with Crippen molar-refractivity contribution in [2.45, 2.75) is 33.7 Å². The Balaban J connectivity index is 1.40. The smallest absolute Gasteiger partial charge is 0.130 e.